The smallest absolute Gasteiger partial charge is 0.306 e. The maximum atomic E-state index is 11.5. The van der Waals surface area contributed by atoms with Crippen molar-refractivity contribution in [2.24, 2.45) is 35.1 Å². The molecule has 6 aromatic carbocycles. The number of carboxylic acids is 2. The number of nitrogens with zero attached hydrogens (tertiary/aromatic N) is 2. The third-order valence-corrected chi connectivity index (χ3v) is 12.9. The van der Waals surface area contributed by atoms with Gasteiger partial charge >= 0.3 is 11.9 Å². The summed E-state index contributed by atoms with van der Waals surface area (Å²) in [6.45, 7) is 11.5. The van der Waals surface area contributed by atoms with E-state index in [0.717, 1.165) is 51.9 Å². The minimum Gasteiger partial charge on any atom is -0.481 e. The number of rotatable bonds is 14. The molecule has 2 saturated carbocycles. The molecular weight excluding hydrogens is 817 g/mol. The number of hydrogen-bond donors (Lipinski definition) is 4. The summed E-state index contributed by atoms with van der Waals surface area (Å²) in [4.78, 5) is 27.9. The monoisotopic (exact) mass is 889 g/mol. The van der Waals surface area contributed by atoms with Gasteiger partial charge in [0.2, 0.25) is 0 Å². The molecule has 8 nitrogen and oxygen atoms in total. The molecule has 0 bridgehead atoms. The summed E-state index contributed by atoms with van der Waals surface area (Å²) in [5.74, 6) is -1.26. The molecule has 0 saturated heterocycles. The number of nitrogens with two attached hydrogens (primary N) is 2. The Morgan fingerprint density at radius 2 is 0.667 bits per heavy atom. The van der Waals surface area contributed by atoms with Crippen molar-refractivity contribution in [3.63, 3.8) is 0 Å². The van der Waals surface area contributed by atoms with Crippen LogP contribution in [0.1, 0.15) is 98.8 Å². The fourth-order valence-electron chi connectivity index (χ4n) is 9.13. The summed E-state index contributed by atoms with van der Waals surface area (Å²) in [5.41, 5.74) is 18.7. The molecule has 0 aliphatic heterocycles. The van der Waals surface area contributed by atoms with E-state index in [2.05, 4.69) is 121 Å². The Morgan fingerprint density at radius 1 is 0.439 bits per heavy atom. The average molecular weight is 889 g/mol. The van der Waals surface area contributed by atoms with Gasteiger partial charge in [-0.2, -0.15) is 0 Å². The fraction of sp³-hybridized carbons (Fsp3) is 0.345. The van der Waals surface area contributed by atoms with E-state index in [1.807, 2.05) is 98.8 Å². The van der Waals surface area contributed by atoms with Crippen molar-refractivity contribution in [3.8, 4) is 0 Å². The molecule has 2 aliphatic carbocycles. The van der Waals surface area contributed by atoms with E-state index in [9.17, 15) is 19.8 Å². The molecule has 0 amide bonds. The number of hydrogen-bond acceptors (Lipinski definition) is 6. The van der Waals surface area contributed by atoms with Crippen molar-refractivity contribution < 1.29 is 19.8 Å². The Labute approximate surface area is 394 Å². The van der Waals surface area contributed by atoms with E-state index in [1.54, 1.807) is 0 Å². The number of aliphatic carboxylic acids is 2. The molecular formula is C58H72N4O4. The predicted octanol–water partition coefficient (Wildman–Crippen LogP) is 11.8. The maximum Gasteiger partial charge on any atom is 0.306 e. The van der Waals surface area contributed by atoms with Crippen LogP contribution in [0.5, 0.6) is 0 Å². The van der Waals surface area contributed by atoms with E-state index in [-0.39, 0.29) is 35.8 Å². The van der Waals surface area contributed by atoms with E-state index >= 15 is 0 Å². The van der Waals surface area contributed by atoms with Crippen LogP contribution in [0.15, 0.2) is 182 Å². The highest BCUT2D eigenvalue weighted by Gasteiger charge is 2.39. The van der Waals surface area contributed by atoms with Gasteiger partial charge < -0.3 is 21.7 Å². The van der Waals surface area contributed by atoms with Crippen molar-refractivity contribution in [2.45, 2.75) is 104 Å². The Bertz CT molecular complexity index is 2000. The first-order valence-corrected chi connectivity index (χ1v) is 23.6. The predicted molar refractivity (Wildman–Crippen MR) is 269 cm³/mol. The van der Waals surface area contributed by atoms with Crippen molar-refractivity contribution in [1.29, 1.82) is 0 Å². The molecule has 8 heteroatoms. The molecule has 3 unspecified atom stereocenters. The number of benzene rings is 6. The van der Waals surface area contributed by atoms with Gasteiger partial charge in [0.1, 0.15) is 0 Å². The summed E-state index contributed by atoms with van der Waals surface area (Å²) in [5, 5.41) is 18.9. The summed E-state index contributed by atoms with van der Waals surface area (Å²) >= 11 is 0. The lowest BCUT2D eigenvalue weighted by Crippen LogP contribution is -2.33. The van der Waals surface area contributed by atoms with Crippen LogP contribution in [0, 0.1) is 23.7 Å². The quantitative estimate of drug-likeness (QED) is 0.0850. The fourth-order valence-corrected chi connectivity index (χ4v) is 9.13. The Morgan fingerprint density at radius 3 is 0.848 bits per heavy atom. The van der Waals surface area contributed by atoms with Crippen LogP contribution in [0.25, 0.3) is 0 Å². The largest absolute Gasteiger partial charge is 0.481 e. The van der Waals surface area contributed by atoms with Crippen molar-refractivity contribution in [3.05, 3.63) is 215 Å². The van der Waals surface area contributed by atoms with Crippen LogP contribution in [-0.4, -0.2) is 44.0 Å². The first-order valence-electron chi connectivity index (χ1n) is 23.6. The van der Waals surface area contributed by atoms with Gasteiger partial charge in [0.15, 0.2) is 0 Å². The van der Waals surface area contributed by atoms with Crippen molar-refractivity contribution in [1.82, 2.24) is 9.80 Å². The molecule has 348 valence electrons. The Kier molecular flexibility index (Phi) is 20.8. The third-order valence-electron chi connectivity index (χ3n) is 12.9. The van der Waals surface area contributed by atoms with E-state index in [4.69, 9.17) is 11.5 Å². The van der Waals surface area contributed by atoms with Gasteiger partial charge in [-0.1, -0.05) is 196 Å². The molecule has 6 aromatic rings. The summed E-state index contributed by atoms with van der Waals surface area (Å²) < 4.78 is 0. The van der Waals surface area contributed by atoms with Crippen LogP contribution < -0.4 is 11.5 Å². The number of carboxylic acid groups (broad SMARTS) is 2. The molecule has 0 spiro atoms. The van der Waals surface area contributed by atoms with Crippen LogP contribution in [0.4, 0.5) is 0 Å². The standard InChI is InChI=1S/2C21H25NO2.2C8H11N/c2*1-16-12-19(13-20(16)21(23)24)22(14-17-8-4-2-5-9-17)15-18-10-6-3-7-11-18;2*1-7(9)8-5-3-2-4-6-8/h2*2-11,16,19-20H,12-15H2,1H3,(H,23,24);2*2-7H,9H2,1H3/t16-,19+,20+;;2*7-/m1.11/s1. The van der Waals surface area contributed by atoms with Gasteiger partial charge in [-0.05, 0) is 84.7 Å². The first-order chi connectivity index (χ1) is 31.9. The lowest BCUT2D eigenvalue weighted by Gasteiger charge is -2.29. The second-order valence-electron chi connectivity index (χ2n) is 18.2. The normalized spacial score (nSPS) is 20.7. The highest BCUT2D eigenvalue weighted by Crippen LogP contribution is 2.37. The molecule has 6 N–H and O–H groups in total. The highest BCUT2D eigenvalue weighted by atomic mass is 16.4. The molecule has 2 fully saturated rings. The van der Waals surface area contributed by atoms with E-state index in [0.29, 0.717) is 12.1 Å². The lowest BCUT2D eigenvalue weighted by molar-refractivity contribution is -0.143. The second-order valence-corrected chi connectivity index (χ2v) is 18.2. The van der Waals surface area contributed by atoms with Crippen LogP contribution >= 0.6 is 0 Å². The van der Waals surface area contributed by atoms with Crippen LogP contribution in [0.2, 0.25) is 0 Å². The van der Waals surface area contributed by atoms with Gasteiger partial charge in [-0.3, -0.25) is 19.4 Å². The summed E-state index contributed by atoms with van der Waals surface area (Å²) in [6, 6.07) is 62.8. The zero-order chi connectivity index (χ0) is 47.3. The second kappa shape index (κ2) is 26.9. The SMILES string of the molecule is CC1CC(N(Cc2ccccc2)Cc2ccccc2)CC1C(=O)O.C[C@@H](N)c1ccccc1.C[C@@H](N)c1ccccc1.C[C@@H]1C[C@H](N(Cc2ccccc2)Cc2ccccc2)C[C@@H]1C(=O)O. The molecule has 0 radical (unpaired) electrons. The average Bonchev–Trinajstić information content (AvgIpc) is 3.94. The van der Waals surface area contributed by atoms with E-state index < -0.39 is 11.9 Å². The van der Waals surface area contributed by atoms with Crippen molar-refractivity contribution in [2.75, 3.05) is 0 Å². The van der Waals surface area contributed by atoms with Crippen LogP contribution in [-0.2, 0) is 35.8 Å². The van der Waals surface area contributed by atoms with E-state index in [1.165, 1.54) is 33.4 Å². The molecule has 8 atom stereocenters. The Hall–Kier alpha value is -5.90. The maximum absolute atomic E-state index is 11.5. The van der Waals surface area contributed by atoms with Gasteiger partial charge in [-0.25, -0.2) is 0 Å². The van der Waals surface area contributed by atoms with Gasteiger partial charge in [0, 0.05) is 50.3 Å². The summed E-state index contributed by atoms with van der Waals surface area (Å²) in [6.07, 6.45) is 3.40. The zero-order valence-electron chi connectivity index (χ0n) is 39.4. The minimum atomic E-state index is -0.649. The minimum absolute atomic E-state index is 0.159. The number of carbonyl (C=O) groups is 2. The molecule has 0 heterocycles. The lowest BCUT2D eigenvalue weighted by atomic mass is 9.99. The highest BCUT2D eigenvalue weighted by molar-refractivity contribution is 5.71. The molecule has 66 heavy (non-hydrogen) atoms. The van der Waals surface area contributed by atoms with Gasteiger partial charge in [0.05, 0.1) is 11.8 Å². The molecule has 0 aromatic heterocycles. The topological polar surface area (TPSA) is 133 Å². The Balaban J connectivity index is 0.000000181. The van der Waals surface area contributed by atoms with Crippen LogP contribution in [0.3, 0.4) is 0 Å². The first kappa shape index (κ1) is 51.1. The van der Waals surface area contributed by atoms with Gasteiger partial charge in [-0.15, -0.1) is 0 Å². The molecule has 8 rings (SSSR count). The molecule has 2 aliphatic rings. The van der Waals surface area contributed by atoms with Gasteiger partial charge in [0.25, 0.3) is 0 Å². The zero-order valence-corrected chi connectivity index (χ0v) is 39.4. The summed E-state index contributed by atoms with van der Waals surface area (Å²) in [7, 11) is 0. The van der Waals surface area contributed by atoms with Crippen molar-refractivity contribution >= 4 is 11.9 Å². The third kappa shape index (κ3) is 16.8.